The van der Waals surface area contributed by atoms with Gasteiger partial charge in [0.15, 0.2) is 0 Å². The molecular weight excluding hydrogens is 600 g/mol. The first kappa shape index (κ1) is 32.7. The predicted molar refractivity (Wildman–Crippen MR) is 178 cm³/mol. The smallest absolute Gasteiger partial charge is 0.251 e. The molecule has 10 heteroatoms. The molecule has 0 saturated carbocycles. The third kappa shape index (κ3) is 7.41. The number of aliphatic hydroxyl groups excluding tert-OH is 1. The summed E-state index contributed by atoms with van der Waals surface area (Å²) in [5.74, 6) is -1.20. The molecule has 2 heterocycles. The van der Waals surface area contributed by atoms with Crippen LogP contribution in [0.1, 0.15) is 59.2 Å². The van der Waals surface area contributed by atoms with Crippen LogP contribution in [0.3, 0.4) is 0 Å². The highest BCUT2D eigenvalue weighted by atomic mass is 32.1. The molecule has 9 nitrogen and oxygen atoms in total. The Kier molecular flexibility index (Phi) is 9.79. The number of β-amino-alcohol motifs (C(OH)–C–C–N with tert-alkyl or cyclic N) is 1. The fourth-order valence-electron chi connectivity index (χ4n) is 5.56. The standard InChI is InChI=1S/C36H38N4O5S/c1-22-31(46-21-38-22)27-11-5-23(6-12-27)18-37-34(44)30-17-29(42)19-40(30)35(45)32(36(2,3)4)39-33(43)28-15-13-26(14-16-28)25-9-7-24(20-41)8-10-25/h5-16,20-21,29-30,32,42H,17-19H2,1-4H3,(H,37,44)(H,39,43)/t29-,30+,32-/m1/s1. The number of rotatable bonds is 9. The van der Waals surface area contributed by atoms with Gasteiger partial charge in [0.1, 0.15) is 18.4 Å². The van der Waals surface area contributed by atoms with Crippen molar-refractivity contribution in [3.63, 3.8) is 0 Å². The minimum Gasteiger partial charge on any atom is -0.391 e. The van der Waals surface area contributed by atoms with Gasteiger partial charge in [0.2, 0.25) is 11.8 Å². The number of aromatic nitrogens is 1. The van der Waals surface area contributed by atoms with E-state index >= 15 is 0 Å². The monoisotopic (exact) mass is 638 g/mol. The van der Waals surface area contributed by atoms with E-state index in [2.05, 4.69) is 15.6 Å². The molecule has 1 saturated heterocycles. The van der Waals surface area contributed by atoms with E-state index in [0.29, 0.717) is 11.1 Å². The lowest BCUT2D eigenvalue weighted by Crippen LogP contribution is -2.57. The average molecular weight is 639 g/mol. The third-order valence-electron chi connectivity index (χ3n) is 8.21. The molecule has 3 N–H and O–H groups in total. The van der Waals surface area contributed by atoms with E-state index in [1.54, 1.807) is 35.6 Å². The lowest BCUT2D eigenvalue weighted by molar-refractivity contribution is -0.142. The molecule has 0 bridgehead atoms. The van der Waals surface area contributed by atoms with Crippen LogP contribution < -0.4 is 10.6 Å². The van der Waals surface area contributed by atoms with Crippen LogP contribution in [0.15, 0.2) is 78.3 Å². The van der Waals surface area contributed by atoms with Crippen molar-refractivity contribution in [3.05, 3.63) is 101 Å². The number of hydrogen-bond acceptors (Lipinski definition) is 7. The highest BCUT2D eigenvalue weighted by Crippen LogP contribution is 2.29. The topological polar surface area (TPSA) is 129 Å². The van der Waals surface area contributed by atoms with Crippen molar-refractivity contribution in [2.45, 2.75) is 58.8 Å². The first-order valence-electron chi connectivity index (χ1n) is 15.2. The lowest BCUT2D eigenvalue weighted by atomic mass is 9.85. The van der Waals surface area contributed by atoms with Crippen molar-refractivity contribution in [1.82, 2.24) is 20.5 Å². The molecule has 4 aromatic rings. The van der Waals surface area contributed by atoms with Crippen LogP contribution in [0.5, 0.6) is 0 Å². The fraction of sp³-hybridized carbons (Fsp3) is 0.306. The number of hydrogen-bond donors (Lipinski definition) is 3. The SMILES string of the molecule is Cc1ncsc1-c1ccc(CNC(=O)[C@@H]2C[C@@H](O)CN2C(=O)[C@@H](NC(=O)c2ccc(-c3ccc(C=O)cc3)cc2)C(C)(C)C)cc1. The van der Waals surface area contributed by atoms with Gasteiger partial charge in [-0.25, -0.2) is 4.98 Å². The molecule has 1 aromatic heterocycles. The molecule has 5 rings (SSSR count). The molecule has 238 valence electrons. The van der Waals surface area contributed by atoms with Crippen LogP contribution in [0.25, 0.3) is 21.6 Å². The van der Waals surface area contributed by atoms with Gasteiger partial charge in [0.25, 0.3) is 5.91 Å². The van der Waals surface area contributed by atoms with Crippen molar-refractivity contribution in [3.8, 4) is 21.6 Å². The summed E-state index contributed by atoms with van der Waals surface area (Å²) in [6, 6.07) is 20.2. The maximum Gasteiger partial charge on any atom is 0.251 e. The van der Waals surface area contributed by atoms with Crippen LogP contribution in [-0.2, 0) is 16.1 Å². The number of aryl methyl sites for hydroxylation is 1. The van der Waals surface area contributed by atoms with Crippen LogP contribution >= 0.6 is 11.3 Å². The Morgan fingerprint density at radius 1 is 0.978 bits per heavy atom. The molecule has 3 amide bonds. The van der Waals surface area contributed by atoms with Gasteiger partial charge in [-0.05, 0) is 46.7 Å². The van der Waals surface area contributed by atoms with Gasteiger partial charge in [0, 0.05) is 30.6 Å². The van der Waals surface area contributed by atoms with Gasteiger partial charge < -0.3 is 20.6 Å². The number of carbonyl (C=O) groups is 4. The maximum absolute atomic E-state index is 14.0. The van der Waals surface area contributed by atoms with Crippen LogP contribution in [0.4, 0.5) is 0 Å². The van der Waals surface area contributed by atoms with E-state index < -0.39 is 35.4 Å². The van der Waals surface area contributed by atoms with E-state index in [0.717, 1.165) is 39.1 Å². The van der Waals surface area contributed by atoms with E-state index in [4.69, 9.17) is 0 Å². The normalized spacial score (nSPS) is 16.9. The van der Waals surface area contributed by atoms with Gasteiger partial charge in [-0.2, -0.15) is 0 Å². The number of amides is 3. The Bertz CT molecular complexity index is 1710. The molecule has 1 aliphatic rings. The lowest BCUT2D eigenvalue weighted by Gasteiger charge is -2.35. The Balaban J connectivity index is 1.24. The van der Waals surface area contributed by atoms with Crippen molar-refractivity contribution >= 4 is 35.3 Å². The summed E-state index contributed by atoms with van der Waals surface area (Å²) in [6.07, 6.45) is 0.0416. The Hall–Kier alpha value is -4.67. The van der Waals surface area contributed by atoms with Gasteiger partial charge >= 0.3 is 0 Å². The van der Waals surface area contributed by atoms with E-state index in [1.165, 1.54) is 4.90 Å². The second-order valence-corrected chi connectivity index (χ2v) is 13.5. The van der Waals surface area contributed by atoms with Crippen molar-refractivity contribution in [2.75, 3.05) is 6.54 Å². The first-order valence-corrected chi connectivity index (χ1v) is 16.0. The Morgan fingerprint density at radius 2 is 1.59 bits per heavy atom. The molecular formula is C36H38N4O5S. The number of aliphatic hydroxyl groups is 1. The Labute approximate surface area is 272 Å². The number of thiazole rings is 1. The Morgan fingerprint density at radius 3 is 2.15 bits per heavy atom. The van der Waals surface area contributed by atoms with E-state index in [9.17, 15) is 24.3 Å². The third-order valence-corrected chi connectivity index (χ3v) is 9.19. The minimum absolute atomic E-state index is 0.000140. The molecule has 3 aromatic carbocycles. The fourth-order valence-corrected chi connectivity index (χ4v) is 6.37. The van der Waals surface area contributed by atoms with Gasteiger partial charge in [-0.1, -0.05) is 81.4 Å². The summed E-state index contributed by atoms with van der Waals surface area (Å²) in [6.45, 7) is 7.78. The van der Waals surface area contributed by atoms with E-state index in [1.807, 2.05) is 81.7 Å². The van der Waals surface area contributed by atoms with Crippen molar-refractivity contribution in [1.29, 1.82) is 0 Å². The molecule has 1 fully saturated rings. The zero-order valence-corrected chi connectivity index (χ0v) is 27.1. The number of aldehydes is 1. The zero-order valence-electron chi connectivity index (χ0n) is 26.3. The number of nitrogens with zero attached hydrogens (tertiary/aromatic N) is 2. The van der Waals surface area contributed by atoms with Gasteiger partial charge in [0.05, 0.1) is 22.2 Å². The molecule has 0 unspecified atom stereocenters. The summed E-state index contributed by atoms with van der Waals surface area (Å²) in [7, 11) is 0. The molecule has 1 aliphatic heterocycles. The van der Waals surface area contributed by atoms with E-state index in [-0.39, 0.29) is 25.4 Å². The van der Waals surface area contributed by atoms with Crippen LogP contribution in [0.2, 0.25) is 0 Å². The first-order chi connectivity index (χ1) is 21.9. The highest BCUT2D eigenvalue weighted by Gasteiger charge is 2.44. The van der Waals surface area contributed by atoms with Crippen LogP contribution in [-0.4, -0.2) is 63.7 Å². The number of nitrogens with one attached hydrogen (secondary N) is 2. The molecule has 0 spiro atoms. The summed E-state index contributed by atoms with van der Waals surface area (Å²) in [5.41, 5.74) is 6.80. The molecule has 3 atom stereocenters. The maximum atomic E-state index is 14.0. The molecule has 46 heavy (non-hydrogen) atoms. The predicted octanol–water partition coefficient (Wildman–Crippen LogP) is 5.02. The molecule has 0 aliphatic carbocycles. The highest BCUT2D eigenvalue weighted by molar-refractivity contribution is 7.13. The average Bonchev–Trinajstić information content (AvgIpc) is 3.67. The summed E-state index contributed by atoms with van der Waals surface area (Å²) in [5, 5.41) is 16.3. The second kappa shape index (κ2) is 13.8. The van der Waals surface area contributed by atoms with Crippen molar-refractivity contribution in [2.24, 2.45) is 5.41 Å². The summed E-state index contributed by atoms with van der Waals surface area (Å²) < 4.78 is 0. The number of benzene rings is 3. The largest absolute Gasteiger partial charge is 0.391 e. The number of likely N-dealkylation sites (tertiary alicyclic amines) is 1. The zero-order chi connectivity index (χ0) is 33.0. The quantitative estimate of drug-likeness (QED) is 0.221. The second-order valence-electron chi connectivity index (χ2n) is 12.7. The van der Waals surface area contributed by atoms with Gasteiger partial charge in [-0.3, -0.25) is 19.2 Å². The summed E-state index contributed by atoms with van der Waals surface area (Å²) in [4.78, 5) is 58.4. The summed E-state index contributed by atoms with van der Waals surface area (Å²) >= 11 is 1.58. The van der Waals surface area contributed by atoms with Crippen molar-refractivity contribution < 1.29 is 24.3 Å². The molecule has 0 radical (unpaired) electrons. The van der Waals surface area contributed by atoms with Gasteiger partial charge in [-0.15, -0.1) is 11.3 Å². The van der Waals surface area contributed by atoms with Crippen LogP contribution in [0, 0.1) is 12.3 Å². The number of carbonyl (C=O) groups excluding carboxylic acids is 4. The minimum atomic E-state index is -0.945.